The van der Waals surface area contributed by atoms with Crippen molar-refractivity contribution in [3.8, 4) is 0 Å². The Morgan fingerprint density at radius 3 is 2.57 bits per heavy atom. The Bertz CT molecular complexity index is 769. The molecule has 0 saturated heterocycles. The van der Waals surface area contributed by atoms with E-state index < -0.39 is 5.97 Å². The van der Waals surface area contributed by atoms with Crippen LogP contribution < -0.4 is 0 Å². The van der Waals surface area contributed by atoms with E-state index in [0.717, 1.165) is 35.0 Å². The van der Waals surface area contributed by atoms with Crippen LogP contribution in [0.5, 0.6) is 0 Å². The van der Waals surface area contributed by atoms with Crippen LogP contribution in [0.4, 0.5) is 0 Å². The van der Waals surface area contributed by atoms with Crippen LogP contribution in [-0.2, 0) is 13.0 Å². The van der Waals surface area contributed by atoms with Crippen molar-refractivity contribution in [1.82, 2.24) is 4.57 Å². The topological polar surface area (TPSA) is 59.3 Å². The monoisotopic (exact) mass is 313 g/mol. The van der Waals surface area contributed by atoms with Gasteiger partial charge in [0.25, 0.3) is 0 Å². The lowest BCUT2D eigenvalue weighted by Gasteiger charge is -2.10. The van der Waals surface area contributed by atoms with E-state index >= 15 is 0 Å². The Kier molecular flexibility index (Phi) is 5.04. The van der Waals surface area contributed by atoms with Crippen molar-refractivity contribution in [3.63, 3.8) is 0 Å². The van der Waals surface area contributed by atoms with Gasteiger partial charge in [0.05, 0.1) is 11.1 Å². The van der Waals surface area contributed by atoms with Crippen molar-refractivity contribution in [2.45, 2.75) is 40.2 Å². The van der Waals surface area contributed by atoms with Crippen LogP contribution in [0.25, 0.3) is 10.9 Å². The molecule has 0 radical (unpaired) electrons. The summed E-state index contributed by atoms with van der Waals surface area (Å²) >= 11 is 0. The number of Topliss-reactive ketones (excluding diaryl/α,β-unsaturated/α-hetero) is 1. The van der Waals surface area contributed by atoms with Crippen LogP contribution in [0.3, 0.4) is 0 Å². The van der Waals surface area contributed by atoms with Gasteiger partial charge in [-0.25, -0.2) is 4.79 Å². The van der Waals surface area contributed by atoms with Gasteiger partial charge in [0.1, 0.15) is 0 Å². The van der Waals surface area contributed by atoms with Gasteiger partial charge in [-0.3, -0.25) is 4.79 Å². The van der Waals surface area contributed by atoms with Crippen LogP contribution in [0, 0.1) is 5.92 Å². The molecule has 0 aliphatic carbocycles. The Labute approximate surface area is 136 Å². The van der Waals surface area contributed by atoms with Crippen molar-refractivity contribution >= 4 is 22.7 Å². The number of fused-ring (bicyclic) bond motifs is 1. The number of allylic oxidation sites excluding steroid dienone is 1. The Morgan fingerprint density at radius 2 is 2.04 bits per heavy atom. The SMILES string of the molecule is C=CCn1c(CCC)c(C(=O)C(C)C)c2ccc(C(=O)O)cc21. The zero-order valence-electron chi connectivity index (χ0n) is 13.9. The highest BCUT2D eigenvalue weighted by molar-refractivity contribution is 6.11. The van der Waals surface area contributed by atoms with Crippen molar-refractivity contribution in [2.24, 2.45) is 5.92 Å². The second-order valence-electron chi connectivity index (χ2n) is 6.03. The smallest absolute Gasteiger partial charge is 0.335 e. The maximum Gasteiger partial charge on any atom is 0.335 e. The molecular weight excluding hydrogens is 290 g/mol. The zero-order valence-corrected chi connectivity index (χ0v) is 13.9. The molecule has 4 nitrogen and oxygen atoms in total. The van der Waals surface area contributed by atoms with Gasteiger partial charge in [0.2, 0.25) is 0 Å². The first kappa shape index (κ1) is 17.0. The number of hydrogen-bond acceptors (Lipinski definition) is 2. The highest BCUT2D eigenvalue weighted by atomic mass is 16.4. The standard InChI is InChI=1S/C19H23NO3/c1-5-7-15-17(18(21)12(3)4)14-9-8-13(19(22)23)11-16(14)20(15)10-6-2/h6,8-9,11-12H,2,5,7,10H2,1,3-4H3,(H,22,23). The maximum absolute atomic E-state index is 12.7. The summed E-state index contributed by atoms with van der Waals surface area (Å²) in [5, 5.41) is 10.1. The summed E-state index contributed by atoms with van der Waals surface area (Å²) in [6.07, 6.45) is 3.46. The molecule has 2 rings (SSSR count). The van der Waals surface area contributed by atoms with Gasteiger partial charge in [-0.1, -0.05) is 39.3 Å². The van der Waals surface area contributed by atoms with Crippen molar-refractivity contribution in [1.29, 1.82) is 0 Å². The van der Waals surface area contributed by atoms with Crippen LogP contribution in [-0.4, -0.2) is 21.4 Å². The third-order valence-corrected chi connectivity index (χ3v) is 3.99. The number of hydrogen-bond donors (Lipinski definition) is 1. The lowest BCUT2D eigenvalue weighted by molar-refractivity contribution is 0.0696. The fourth-order valence-electron chi connectivity index (χ4n) is 2.93. The molecule has 1 heterocycles. The second kappa shape index (κ2) is 6.82. The molecule has 2 aromatic rings. The lowest BCUT2D eigenvalue weighted by atomic mass is 9.96. The van der Waals surface area contributed by atoms with Gasteiger partial charge in [-0.15, -0.1) is 6.58 Å². The minimum Gasteiger partial charge on any atom is -0.478 e. The Balaban J connectivity index is 2.85. The first-order chi connectivity index (χ1) is 10.9. The largest absolute Gasteiger partial charge is 0.478 e. The lowest BCUT2D eigenvalue weighted by Crippen LogP contribution is -2.11. The molecule has 0 aliphatic heterocycles. The molecule has 122 valence electrons. The number of aromatic carboxylic acids is 1. The number of benzene rings is 1. The van der Waals surface area contributed by atoms with Crippen LogP contribution in [0.1, 0.15) is 53.6 Å². The van der Waals surface area contributed by atoms with E-state index in [2.05, 4.69) is 13.5 Å². The number of rotatable bonds is 7. The maximum atomic E-state index is 12.7. The molecule has 0 atom stereocenters. The summed E-state index contributed by atoms with van der Waals surface area (Å²) in [4.78, 5) is 24.0. The predicted molar refractivity (Wildman–Crippen MR) is 92.3 cm³/mol. The van der Waals surface area contributed by atoms with E-state index in [1.807, 2.05) is 18.4 Å². The van der Waals surface area contributed by atoms with Gasteiger partial charge >= 0.3 is 5.97 Å². The highest BCUT2D eigenvalue weighted by Crippen LogP contribution is 2.30. The number of aromatic nitrogens is 1. The normalized spacial score (nSPS) is 11.1. The molecule has 0 fully saturated rings. The first-order valence-corrected chi connectivity index (χ1v) is 7.95. The van der Waals surface area contributed by atoms with Gasteiger partial charge < -0.3 is 9.67 Å². The van der Waals surface area contributed by atoms with E-state index in [9.17, 15) is 14.7 Å². The first-order valence-electron chi connectivity index (χ1n) is 7.95. The number of carbonyl (C=O) groups is 2. The van der Waals surface area contributed by atoms with E-state index in [1.165, 1.54) is 0 Å². The molecule has 0 unspecified atom stereocenters. The van der Waals surface area contributed by atoms with Gasteiger partial charge in [-0.05, 0) is 18.6 Å². The molecule has 1 N–H and O–H groups in total. The number of carboxylic acid groups (broad SMARTS) is 1. The van der Waals surface area contributed by atoms with Crippen LogP contribution >= 0.6 is 0 Å². The fourth-order valence-corrected chi connectivity index (χ4v) is 2.93. The predicted octanol–water partition coefficient (Wildman–Crippen LogP) is 4.32. The van der Waals surface area contributed by atoms with E-state index in [1.54, 1.807) is 24.3 Å². The average molecular weight is 313 g/mol. The Morgan fingerprint density at radius 1 is 1.35 bits per heavy atom. The molecule has 0 spiro atoms. The summed E-state index contributed by atoms with van der Waals surface area (Å²) in [6.45, 7) is 10.2. The van der Waals surface area contributed by atoms with E-state index in [4.69, 9.17) is 0 Å². The summed E-state index contributed by atoms with van der Waals surface area (Å²) in [5.41, 5.74) is 2.73. The quantitative estimate of drug-likeness (QED) is 0.612. The van der Waals surface area contributed by atoms with Gasteiger partial charge in [0.15, 0.2) is 5.78 Å². The molecule has 0 aliphatic rings. The minimum atomic E-state index is -0.966. The van der Waals surface area contributed by atoms with Gasteiger partial charge in [-0.2, -0.15) is 0 Å². The van der Waals surface area contributed by atoms with E-state index in [0.29, 0.717) is 6.54 Å². The summed E-state index contributed by atoms with van der Waals surface area (Å²) in [5.74, 6) is -0.969. The number of carbonyl (C=O) groups excluding carboxylic acids is 1. The van der Waals surface area contributed by atoms with Crippen molar-refractivity contribution in [2.75, 3.05) is 0 Å². The van der Waals surface area contributed by atoms with Crippen LogP contribution in [0.2, 0.25) is 0 Å². The Hall–Kier alpha value is -2.36. The summed E-state index contributed by atoms with van der Waals surface area (Å²) in [7, 11) is 0. The molecular formula is C19H23NO3. The molecule has 1 aromatic carbocycles. The third-order valence-electron chi connectivity index (χ3n) is 3.99. The highest BCUT2D eigenvalue weighted by Gasteiger charge is 2.24. The molecule has 23 heavy (non-hydrogen) atoms. The molecule has 0 saturated carbocycles. The summed E-state index contributed by atoms with van der Waals surface area (Å²) < 4.78 is 2.02. The molecule has 0 bridgehead atoms. The number of ketones is 1. The number of nitrogens with zero attached hydrogens (tertiary/aromatic N) is 1. The third kappa shape index (κ3) is 3.07. The summed E-state index contributed by atoms with van der Waals surface area (Å²) in [6, 6.07) is 4.97. The molecule has 0 amide bonds. The van der Waals surface area contributed by atoms with E-state index in [-0.39, 0.29) is 17.3 Å². The zero-order chi connectivity index (χ0) is 17.1. The fraction of sp³-hybridized carbons (Fsp3) is 0.368. The molecule has 4 heteroatoms. The van der Waals surface area contributed by atoms with Crippen molar-refractivity contribution < 1.29 is 14.7 Å². The van der Waals surface area contributed by atoms with Crippen LogP contribution in [0.15, 0.2) is 30.9 Å². The minimum absolute atomic E-state index is 0.101. The average Bonchev–Trinajstić information content (AvgIpc) is 2.80. The second-order valence-corrected chi connectivity index (χ2v) is 6.03. The van der Waals surface area contributed by atoms with Crippen molar-refractivity contribution in [3.05, 3.63) is 47.7 Å². The number of carboxylic acids is 1. The van der Waals surface area contributed by atoms with Gasteiger partial charge in [0, 0.05) is 29.1 Å². The molecule has 1 aromatic heterocycles.